The number of carbonyl (C=O) groups excluding carboxylic acids is 1. The monoisotopic (exact) mass is 568 g/mol. The zero-order valence-corrected chi connectivity index (χ0v) is 23.0. The zero-order valence-electron chi connectivity index (χ0n) is 20.7. The minimum Gasteiger partial charge on any atom is -0.444 e. The minimum atomic E-state index is -1.21. The molecule has 1 saturated heterocycles. The second kappa shape index (κ2) is 10.8. The van der Waals surface area contributed by atoms with Crippen LogP contribution in [0.25, 0.3) is 10.6 Å². The average Bonchev–Trinajstić information content (AvgIpc) is 3.18. The number of aryl methyl sites for hydroxylation is 1. The van der Waals surface area contributed by atoms with Crippen LogP contribution >= 0.6 is 34.5 Å². The first-order valence-corrected chi connectivity index (χ1v) is 13.1. The third-order valence-corrected chi connectivity index (χ3v) is 7.11. The van der Waals surface area contributed by atoms with Gasteiger partial charge < -0.3 is 25.4 Å². The number of anilines is 2. The molecule has 0 aliphatic carbocycles. The number of nitrogen functional groups attached to an aromatic ring is 1. The van der Waals surface area contributed by atoms with E-state index >= 15 is 0 Å². The lowest BCUT2D eigenvalue weighted by Crippen LogP contribution is -2.51. The Morgan fingerprint density at radius 3 is 2.70 bits per heavy atom. The van der Waals surface area contributed by atoms with E-state index in [4.69, 9.17) is 38.4 Å². The number of halogens is 3. The molecule has 0 unspecified atom stereocenters. The Morgan fingerprint density at radius 2 is 1.97 bits per heavy atom. The van der Waals surface area contributed by atoms with Gasteiger partial charge in [0.1, 0.15) is 27.4 Å². The Hall–Kier alpha value is -2.89. The molecule has 2 atom stereocenters. The second-order valence-electron chi connectivity index (χ2n) is 9.58. The lowest BCUT2D eigenvalue weighted by Gasteiger charge is -2.36. The minimum absolute atomic E-state index is 0.0213. The van der Waals surface area contributed by atoms with E-state index in [0.717, 1.165) is 5.01 Å². The summed E-state index contributed by atoms with van der Waals surface area (Å²) >= 11 is 13.8. The summed E-state index contributed by atoms with van der Waals surface area (Å²) in [6, 6.07) is 4.52. The predicted octanol–water partition coefficient (Wildman–Crippen LogP) is 6.35. The summed E-state index contributed by atoms with van der Waals surface area (Å²) in [5, 5.41) is 4.27. The molecule has 0 saturated carbocycles. The van der Waals surface area contributed by atoms with E-state index in [1.807, 2.05) is 6.92 Å². The van der Waals surface area contributed by atoms with Crippen molar-refractivity contribution in [3.8, 4) is 22.2 Å². The van der Waals surface area contributed by atoms with Crippen LogP contribution in [0.3, 0.4) is 0 Å². The molecule has 0 spiro atoms. The number of ether oxygens (including phenoxy) is 2. The van der Waals surface area contributed by atoms with Gasteiger partial charge in [-0.25, -0.2) is 24.1 Å². The Kier molecular flexibility index (Phi) is 7.96. The van der Waals surface area contributed by atoms with Crippen molar-refractivity contribution >= 4 is 52.3 Å². The molecule has 13 heteroatoms. The molecule has 4 rings (SSSR count). The molecule has 1 fully saturated rings. The number of nitrogens with two attached hydrogens (primary N) is 1. The molecule has 3 N–H and O–H groups in total. The molecule has 2 aromatic heterocycles. The SMILES string of the molecule is Cc1nc(Oc2ccc(N)c(Cl)c2Cl)c(-c2ccnc(N[C@H]3C[C@H](F)CN(C(=O)OC(C)(C)C)C3)n2)s1. The first-order valence-electron chi connectivity index (χ1n) is 11.5. The average molecular weight is 569 g/mol. The summed E-state index contributed by atoms with van der Waals surface area (Å²) in [5.41, 5.74) is 6.01. The molecule has 3 heterocycles. The summed E-state index contributed by atoms with van der Waals surface area (Å²) in [6.45, 7) is 7.39. The molecule has 37 heavy (non-hydrogen) atoms. The van der Waals surface area contributed by atoms with Crippen LogP contribution in [-0.4, -0.2) is 56.8 Å². The summed E-state index contributed by atoms with van der Waals surface area (Å²) < 4.78 is 25.9. The molecule has 9 nitrogen and oxygen atoms in total. The molecule has 1 aliphatic rings. The van der Waals surface area contributed by atoms with Crippen molar-refractivity contribution in [2.24, 2.45) is 0 Å². The smallest absolute Gasteiger partial charge is 0.410 e. The van der Waals surface area contributed by atoms with Gasteiger partial charge in [-0.2, -0.15) is 0 Å². The molecular weight excluding hydrogens is 542 g/mol. The fraction of sp³-hybridized carbons (Fsp3) is 0.417. The summed E-state index contributed by atoms with van der Waals surface area (Å²) in [5.74, 6) is 0.886. The van der Waals surface area contributed by atoms with Crippen molar-refractivity contribution < 1.29 is 18.7 Å². The Bertz CT molecular complexity index is 1300. The summed E-state index contributed by atoms with van der Waals surface area (Å²) in [4.78, 5) is 27.8. The van der Waals surface area contributed by atoms with Gasteiger partial charge in [0.15, 0.2) is 0 Å². The Morgan fingerprint density at radius 1 is 1.22 bits per heavy atom. The molecule has 0 bridgehead atoms. The number of nitrogens with zero attached hydrogens (tertiary/aromatic N) is 4. The van der Waals surface area contributed by atoms with Crippen molar-refractivity contribution in [1.82, 2.24) is 19.9 Å². The first kappa shape index (κ1) is 27.2. The van der Waals surface area contributed by atoms with Crippen molar-refractivity contribution in [1.29, 1.82) is 0 Å². The van der Waals surface area contributed by atoms with Gasteiger partial charge in [-0.3, -0.25) is 0 Å². The summed E-state index contributed by atoms with van der Waals surface area (Å²) in [7, 11) is 0. The lowest BCUT2D eigenvalue weighted by atomic mass is 10.0. The number of carbonyl (C=O) groups is 1. The van der Waals surface area contributed by atoms with Crippen LogP contribution in [0.4, 0.5) is 20.8 Å². The van der Waals surface area contributed by atoms with E-state index in [1.165, 1.54) is 16.2 Å². The lowest BCUT2D eigenvalue weighted by molar-refractivity contribution is 0.0124. The number of hydrogen-bond acceptors (Lipinski definition) is 9. The van der Waals surface area contributed by atoms with Gasteiger partial charge in [-0.15, -0.1) is 11.3 Å². The van der Waals surface area contributed by atoms with Gasteiger partial charge in [0.05, 0.1) is 28.0 Å². The highest BCUT2D eigenvalue weighted by Gasteiger charge is 2.33. The number of nitrogens with one attached hydrogen (secondary N) is 1. The molecule has 1 amide bonds. The third kappa shape index (κ3) is 6.71. The molecule has 198 valence electrons. The zero-order chi connectivity index (χ0) is 26.9. The van der Waals surface area contributed by atoms with Crippen LogP contribution in [0.1, 0.15) is 32.2 Å². The first-order chi connectivity index (χ1) is 17.4. The van der Waals surface area contributed by atoms with E-state index in [-0.39, 0.29) is 35.5 Å². The van der Waals surface area contributed by atoms with Crippen molar-refractivity contribution in [3.05, 3.63) is 39.4 Å². The van der Waals surface area contributed by atoms with Gasteiger partial charge in [0.25, 0.3) is 0 Å². The number of piperidine rings is 1. The molecular formula is C24H27Cl2FN6O3S. The number of benzene rings is 1. The van der Waals surface area contributed by atoms with Crippen LogP contribution in [-0.2, 0) is 4.74 Å². The Labute approximate surface area is 228 Å². The van der Waals surface area contributed by atoms with Gasteiger partial charge in [0.2, 0.25) is 11.8 Å². The van der Waals surface area contributed by atoms with E-state index in [2.05, 4.69) is 20.3 Å². The van der Waals surface area contributed by atoms with E-state index in [1.54, 1.807) is 45.2 Å². The van der Waals surface area contributed by atoms with Gasteiger partial charge >= 0.3 is 6.09 Å². The standard InChI is InChI=1S/C24H27Cl2FN6O3S/c1-12-30-21(35-17-6-5-15(28)18(25)19(17)26)20(37-12)16-7-8-29-22(32-16)31-14-9-13(27)10-33(11-14)23(34)36-24(2,3)4/h5-8,13-14H,9-11,28H2,1-4H3,(H,29,31,32)/t13-,14-/m0/s1. The predicted molar refractivity (Wildman–Crippen MR) is 144 cm³/mol. The maximum Gasteiger partial charge on any atom is 0.410 e. The van der Waals surface area contributed by atoms with Crippen molar-refractivity contribution in [2.75, 3.05) is 24.1 Å². The van der Waals surface area contributed by atoms with Gasteiger partial charge in [0, 0.05) is 25.2 Å². The van der Waals surface area contributed by atoms with Crippen LogP contribution in [0.2, 0.25) is 10.0 Å². The third-order valence-electron chi connectivity index (χ3n) is 5.26. The second-order valence-corrected chi connectivity index (χ2v) is 11.5. The number of alkyl halides is 1. The van der Waals surface area contributed by atoms with Crippen LogP contribution in [0, 0.1) is 6.92 Å². The fourth-order valence-corrected chi connectivity index (χ4v) is 4.91. The van der Waals surface area contributed by atoms with E-state index < -0.39 is 23.9 Å². The van der Waals surface area contributed by atoms with Gasteiger partial charge in [-0.05, 0) is 45.9 Å². The number of amides is 1. The van der Waals surface area contributed by atoms with Crippen molar-refractivity contribution in [2.45, 2.75) is 51.9 Å². The van der Waals surface area contributed by atoms with Gasteiger partial charge in [-0.1, -0.05) is 23.2 Å². The van der Waals surface area contributed by atoms with Crippen LogP contribution < -0.4 is 15.8 Å². The quantitative estimate of drug-likeness (QED) is 0.342. The highest BCUT2D eigenvalue weighted by atomic mass is 35.5. The Balaban J connectivity index is 1.53. The highest BCUT2D eigenvalue weighted by molar-refractivity contribution is 7.15. The van der Waals surface area contributed by atoms with Crippen LogP contribution in [0.15, 0.2) is 24.4 Å². The molecule has 1 aliphatic heterocycles. The van der Waals surface area contributed by atoms with E-state index in [9.17, 15) is 9.18 Å². The van der Waals surface area contributed by atoms with Crippen LogP contribution in [0.5, 0.6) is 11.6 Å². The number of thiazole rings is 1. The molecule has 3 aromatic rings. The highest BCUT2D eigenvalue weighted by Crippen LogP contribution is 2.42. The number of rotatable bonds is 5. The topological polar surface area (TPSA) is 115 Å². The fourth-order valence-electron chi connectivity index (χ4n) is 3.72. The molecule has 0 radical (unpaired) electrons. The number of aromatic nitrogens is 3. The molecule has 1 aromatic carbocycles. The maximum absolute atomic E-state index is 14.5. The summed E-state index contributed by atoms with van der Waals surface area (Å²) in [6.07, 6.45) is 0.0252. The number of likely N-dealkylation sites (tertiary alicyclic amines) is 1. The van der Waals surface area contributed by atoms with Crippen molar-refractivity contribution in [3.63, 3.8) is 0 Å². The number of hydrogen-bond donors (Lipinski definition) is 2. The largest absolute Gasteiger partial charge is 0.444 e. The van der Waals surface area contributed by atoms with E-state index in [0.29, 0.717) is 27.9 Å². The maximum atomic E-state index is 14.5. The normalized spacial score (nSPS) is 18.0.